The average molecular weight is 403 g/mol. The summed E-state index contributed by atoms with van der Waals surface area (Å²) in [5, 5.41) is 2.92. The number of nitrogens with zero attached hydrogens (tertiary/aromatic N) is 2. The molecule has 0 saturated carbocycles. The van der Waals surface area contributed by atoms with E-state index in [2.05, 4.69) is 10.3 Å². The Morgan fingerprint density at radius 2 is 1.97 bits per heavy atom. The van der Waals surface area contributed by atoms with E-state index in [1.165, 1.54) is 12.1 Å². The highest BCUT2D eigenvalue weighted by molar-refractivity contribution is 5.94. The molecule has 1 atom stereocenters. The Kier molecular flexibility index (Phi) is 5.48. The second-order valence-electron chi connectivity index (χ2n) is 7.22. The molecule has 0 aliphatic heterocycles. The summed E-state index contributed by atoms with van der Waals surface area (Å²) in [6, 6.07) is 16.9. The molecular formula is C24H22FN3O2. The maximum absolute atomic E-state index is 13.1. The summed E-state index contributed by atoms with van der Waals surface area (Å²) in [5.41, 5.74) is 4.13. The van der Waals surface area contributed by atoms with Crippen LogP contribution in [-0.4, -0.2) is 15.3 Å². The zero-order valence-electron chi connectivity index (χ0n) is 16.8. The zero-order valence-corrected chi connectivity index (χ0v) is 16.8. The molecule has 5 nitrogen and oxygen atoms in total. The quantitative estimate of drug-likeness (QED) is 0.501. The van der Waals surface area contributed by atoms with Gasteiger partial charge in [-0.1, -0.05) is 24.3 Å². The van der Waals surface area contributed by atoms with Crippen LogP contribution in [0, 0.1) is 12.7 Å². The van der Waals surface area contributed by atoms with Crippen LogP contribution in [0.3, 0.4) is 0 Å². The van der Waals surface area contributed by atoms with Gasteiger partial charge in [0.05, 0.1) is 11.7 Å². The zero-order chi connectivity index (χ0) is 21.1. The van der Waals surface area contributed by atoms with E-state index < -0.39 is 0 Å². The molecule has 0 aliphatic carbocycles. The number of fused-ring (bicyclic) bond motifs is 1. The number of aromatic nitrogens is 2. The smallest absolute Gasteiger partial charge is 0.251 e. The van der Waals surface area contributed by atoms with Crippen LogP contribution in [0.2, 0.25) is 0 Å². The highest BCUT2D eigenvalue weighted by atomic mass is 19.1. The topological polar surface area (TPSA) is 55.6 Å². The number of pyridine rings is 1. The van der Waals surface area contributed by atoms with Crippen molar-refractivity contribution < 1.29 is 13.9 Å². The fourth-order valence-electron chi connectivity index (χ4n) is 3.27. The van der Waals surface area contributed by atoms with Gasteiger partial charge in [0.1, 0.15) is 23.8 Å². The van der Waals surface area contributed by atoms with Gasteiger partial charge in [-0.05, 0) is 61.4 Å². The van der Waals surface area contributed by atoms with Crippen molar-refractivity contribution in [2.75, 3.05) is 0 Å². The maximum Gasteiger partial charge on any atom is 0.251 e. The van der Waals surface area contributed by atoms with Crippen LogP contribution in [0.4, 0.5) is 4.39 Å². The van der Waals surface area contributed by atoms with Gasteiger partial charge in [0.15, 0.2) is 0 Å². The standard InChI is InChI=1S/C24H22FN3O2/c1-16-5-4-12-28-14-21(27-23(16)28)15-30-22-7-3-6-19(13-22)24(29)26-17(2)18-8-10-20(25)11-9-18/h3-14,17H,15H2,1-2H3,(H,26,29). The van der Waals surface area contributed by atoms with E-state index in [1.54, 1.807) is 36.4 Å². The molecule has 1 N–H and O–H groups in total. The molecule has 1 amide bonds. The number of amides is 1. The monoisotopic (exact) mass is 403 g/mol. The van der Waals surface area contributed by atoms with Gasteiger partial charge in [-0.15, -0.1) is 0 Å². The minimum absolute atomic E-state index is 0.222. The molecule has 0 fully saturated rings. The highest BCUT2D eigenvalue weighted by Gasteiger charge is 2.13. The van der Waals surface area contributed by atoms with E-state index in [9.17, 15) is 9.18 Å². The number of nitrogens with one attached hydrogen (secondary N) is 1. The molecule has 2 aromatic heterocycles. The third kappa shape index (κ3) is 4.33. The summed E-state index contributed by atoms with van der Waals surface area (Å²) < 4.78 is 20.9. The van der Waals surface area contributed by atoms with Crippen LogP contribution in [0.5, 0.6) is 5.75 Å². The lowest BCUT2D eigenvalue weighted by molar-refractivity contribution is 0.0939. The number of rotatable bonds is 6. The number of benzene rings is 2. The van der Waals surface area contributed by atoms with Crippen LogP contribution in [-0.2, 0) is 6.61 Å². The highest BCUT2D eigenvalue weighted by Crippen LogP contribution is 2.18. The molecule has 152 valence electrons. The summed E-state index contributed by atoms with van der Waals surface area (Å²) in [7, 11) is 0. The van der Waals surface area contributed by atoms with Gasteiger partial charge in [0, 0.05) is 18.0 Å². The summed E-state index contributed by atoms with van der Waals surface area (Å²) in [4.78, 5) is 17.2. The molecule has 0 aliphatic rings. The first-order valence-electron chi connectivity index (χ1n) is 9.72. The van der Waals surface area contributed by atoms with E-state index >= 15 is 0 Å². The van der Waals surface area contributed by atoms with Crippen LogP contribution >= 0.6 is 0 Å². The van der Waals surface area contributed by atoms with Crippen LogP contribution < -0.4 is 10.1 Å². The van der Waals surface area contributed by atoms with Crippen molar-refractivity contribution in [3.63, 3.8) is 0 Å². The first-order chi connectivity index (χ1) is 14.5. The van der Waals surface area contributed by atoms with Gasteiger partial charge in [-0.25, -0.2) is 9.37 Å². The Morgan fingerprint density at radius 3 is 2.73 bits per heavy atom. The number of halogens is 1. The Morgan fingerprint density at radius 1 is 1.17 bits per heavy atom. The first kappa shape index (κ1) is 19.6. The fourth-order valence-corrected chi connectivity index (χ4v) is 3.27. The predicted molar refractivity (Wildman–Crippen MR) is 113 cm³/mol. The van der Waals surface area contributed by atoms with Crippen LogP contribution in [0.1, 0.15) is 40.1 Å². The van der Waals surface area contributed by atoms with Crippen molar-refractivity contribution in [1.29, 1.82) is 0 Å². The maximum atomic E-state index is 13.1. The number of carbonyl (C=O) groups excluding carboxylic acids is 1. The largest absolute Gasteiger partial charge is 0.487 e. The second kappa shape index (κ2) is 8.37. The number of hydrogen-bond donors (Lipinski definition) is 1. The van der Waals surface area contributed by atoms with Crippen molar-refractivity contribution in [1.82, 2.24) is 14.7 Å². The van der Waals surface area contributed by atoms with Gasteiger partial charge in [0.2, 0.25) is 0 Å². The molecule has 1 unspecified atom stereocenters. The summed E-state index contributed by atoms with van der Waals surface area (Å²) in [5.74, 6) is 0.0642. The Hall–Kier alpha value is -3.67. The molecule has 2 aromatic carbocycles. The summed E-state index contributed by atoms with van der Waals surface area (Å²) in [6.07, 6.45) is 3.88. The van der Waals surface area contributed by atoms with E-state index in [0.29, 0.717) is 17.9 Å². The molecule has 0 saturated heterocycles. The summed E-state index contributed by atoms with van der Waals surface area (Å²) in [6.45, 7) is 4.18. The van der Waals surface area contributed by atoms with Crippen molar-refractivity contribution in [3.8, 4) is 5.75 Å². The predicted octanol–water partition coefficient (Wildman–Crippen LogP) is 4.85. The van der Waals surface area contributed by atoms with E-state index in [1.807, 2.05) is 42.8 Å². The van der Waals surface area contributed by atoms with E-state index in [-0.39, 0.29) is 17.8 Å². The van der Waals surface area contributed by atoms with E-state index in [4.69, 9.17) is 4.74 Å². The van der Waals surface area contributed by atoms with Gasteiger partial charge in [0.25, 0.3) is 5.91 Å². The molecule has 4 rings (SSSR count). The molecule has 0 radical (unpaired) electrons. The molecule has 6 heteroatoms. The first-order valence-corrected chi connectivity index (χ1v) is 9.72. The van der Waals surface area contributed by atoms with Crippen LogP contribution in [0.25, 0.3) is 5.65 Å². The van der Waals surface area contributed by atoms with Gasteiger partial charge >= 0.3 is 0 Å². The molecule has 2 heterocycles. The van der Waals surface area contributed by atoms with Crippen molar-refractivity contribution in [3.05, 3.63) is 101 Å². The third-order valence-electron chi connectivity index (χ3n) is 4.93. The fraction of sp³-hybridized carbons (Fsp3) is 0.167. The van der Waals surface area contributed by atoms with Crippen molar-refractivity contribution in [2.45, 2.75) is 26.5 Å². The average Bonchev–Trinajstić information content (AvgIpc) is 3.17. The molecule has 0 bridgehead atoms. The molecular weight excluding hydrogens is 381 g/mol. The lowest BCUT2D eigenvalue weighted by Gasteiger charge is -2.15. The number of carbonyl (C=O) groups is 1. The van der Waals surface area contributed by atoms with Crippen molar-refractivity contribution >= 4 is 11.6 Å². The Bertz CT molecular complexity index is 1180. The minimum Gasteiger partial charge on any atom is -0.487 e. The third-order valence-corrected chi connectivity index (χ3v) is 4.93. The number of hydrogen-bond acceptors (Lipinski definition) is 3. The molecule has 4 aromatic rings. The molecule has 30 heavy (non-hydrogen) atoms. The minimum atomic E-state index is -0.303. The lowest BCUT2D eigenvalue weighted by atomic mass is 10.1. The summed E-state index contributed by atoms with van der Waals surface area (Å²) >= 11 is 0. The van der Waals surface area contributed by atoms with Gasteiger partial charge in [-0.2, -0.15) is 0 Å². The van der Waals surface area contributed by atoms with Crippen LogP contribution in [0.15, 0.2) is 73.1 Å². The second-order valence-corrected chi connectivity index (χ2v) is 7.22. The normalized spacial score (nSPS) is 12.0. The van der Waals surface area contributed by atoms with Gasteiger partial charge in [-0.3, -0.25) is 4.79 Å². The molecule has 0 spiro atoms. The lowest BCUT2D eigenvalue weighted by Crippen LogP contribution is -2.26. The number of aryl methyl sites for hydroxylation is 1. The Labute approximate surface area is 174 Å². The number of ether oxygens (including phenoxy) is 1. The van der Waals surface area contributed by atoms with E-state index in [0.717, 1.165) is 22.5 Å². The van der Waals surface area contributed by atoms with Gasteiger partial charge < -0.3 is 14.5 Å². The number of imidazole rings is 1. The SMILES string of the molecule is Cc1cccn2cc(COc3cccc(C(=O)NC(C)c4ccc(F)cc4)c3)nc12. The van der Waals surface area contributed by atoms with Crippen molar-refractivity contribution in [2.24, 2.45) is 0 Å². The Balaban J connectivity index is 1.42.